The minimum atomic E-state index is -0.554. The molecule has 1 N–H and O–H groups in total. The summed E-state index contributed by atoms with van der Waals surface area (Å²) in [6.45, 7) is 9.76. The molecule has 4 nitrogen and oxygen atoms in total. The van der Waals surface area contributed by atoms with E-state index in [1.807, 2.05) is 20.9 Å². The van der Waals surface area contributed by atoms with Crippen LogP contribution in [0.5, 0.6) is 0 Å². The van der Waals surface area contributed by atoms with Gasteiger partial charge in [0.05, 0.1) is 6.61 Å². The van der Waals surface area contributed by atoms with Crippen molar-refractivity contribution < 1.29 is 9.53 Å². The molecule has 1 fully saturated rings. The smallest absolute Gasteiger partial charge is 0.326 e. The molecule has 1 aliphatic heterocycles. The molecular formula is C13H26N2O2. The molecule has 0 saturated carbocycles. The molecule has 17 heavy (non-hydrogen) atoms. The number of nitrogens with zero attached hydrogens (tertiary/aromatic N) is 1. The van der Waals surface area contributed by atoms with E-state index in [1.54, 1.807) is 0 Å². The van der Waals surface area contributed by atoms with Gasteiger partial charge in [0, 0.05) is 13.1 Å². The van der Waals surface area contributed by atoms with Crippen LogP contribution in [0.3, 0.4) is 0 Å². The zero-order valence-electron chi connectivity index (χ0n) is 11.6. The predicted octanol–water partition coefficient (Wildman–Crippen LogP) is 1.26. The first kappa shape index (κ1) is 14.5. The summed E-state index contributed by atoms with van der Waals surface area (Å²) in [7, 11) is 1.82. The zero-order chi connectivity index (χ0) is 12.9. The summed E-state index contributed by atoms with van der Waals surface area (Å²) in [5.41, 5.74) is -0.554. The third kappa shape index (κ3) is 3.96. The Hall–Kier alpha value is -0.610. The van der Waals surface area contributed by atoms with Gasteiger partial charge in [-0.2, -0.15) is 0 Å². The molecule has 2 atom stereocenters. The highest BCUT2D eigenvalue weighted by Crippen LogP contribution is 2.18. The number of ether oxygens (including phenoxy) is 1. The van der Waals surface area contributed by atoms with Crippen molar-refractivity contribution >= 4 is 5.97 Å². The predicted molar refractivity (Wildman–Crippen MR) is 68.9 cm³/mol. The van der Waals surface area contributed by atoms with E-state index in [1.165, 1.54) is 6.42 Å². The van der Waals surface area contributed by atoms with Gasteiger partial charge in [0.25, 0.3) is 0 Å². The van der Waals surface area contributed by atoms with Gasteiger partial charge in [-0.15, -0.1) is 0 Å². The highest BCUT2D eigenvalue weighted by molar-refractivity contribution is 5.80. The summed E-state index contributed by atoms with van der Waals surface area (Å²) in [4.78, 5) is 14.3. The van der Waals surface area contributed by atoms with Gasteiger partial charge < -0.3 is 15.0 Å². The van der Waals surface area contributed by atoms with Crippen molar-refractivity contribution in [3.8, 4) is 0 Å². The Balaban J connectivity index is 2.42. The highest BCUT2D eigenvalue weighted by Gasteiger charge is 2.33. The van der Waals surface area contributed by atoms with Gasteiger partial charge in [0.15, 0.2) is 0 Å². The maximum absolute atomic E-state index is 11.9. The molecule has 0 spiro atoms. The summed E-state index contributed by atoms with van der Waals surface area (Å²) in [5, 5.41) is 3.10. The molecule has 0 aromatic rings. The molecule has 0 radical (unpaired) electrons. The molecule has 1 saturated heterocycles. The lowest BCUT2D eigenvalue weighted by molar-refractivity contribution is -0.150. The quantitative estimate of drug-likeness (QED) is 0.712. The maximum atomic E-state index is 11.9. The fourth-order valence-corrected chi connectivity index (χ4v) is 2.23. The molecule has 1 rings (SSSR count). The summed E-state index contributed by atoms with van der Waals surface area (Å²) in [5.74, 6) is 0.646. The standard InChI is InChI=1S/C13H26N2O2/c1-5-17-12(16)13(3,14-4)7-9-15-8-6-11(2)10-15/h11,14H,5-10H2,1-4H3. The summed E-state index contributed by atoms with van der Waals surface area (Å²) >= 11 is 0. The van der Waals surface area contributed by atoms with Crippen LogP contribution in [0.1, 0.15) is 33.6 Å². The first-order valence-corrected chi connectivity index (χ1v) is 6.60. The normalized spacial score (nSPS) is 24.6. The summed E-state index contributed by atoms with van der Waals surface area (Å²) in [6.07, 6.45) is 2.07. The minimum Gasteiger partial charge on any atom is -0.465 e. The molecule has 0 aromatic carbocycles. The molecular weight excluding hydrogens is 216 g/mol. The van der Waals surface area contributed by atoms with Crippen molar-refractivity contribution in [1.82, 2.24) is 10.2 Å². The van der Waals surface area contributed by atoms with Gasteiger partial charge in [0.2, 0.25) is 0 Å². The number of carbonyl (C=O) groups excluding carboxylic acids is 1. The number of likely N-dealkylation sites (tertiary alicyclic amines) is 1. The molecule has 4 heteroatoms. The lowest BCUT2D eigenvalue weighted by Gasteiger charge is -2.28. The molecule has 0 aromatic heterocycles. The molecule has 0 aliphatic carbocycles. The third-order valence-electron chi connectivity index (χ3n) is 3.71. The lowest BCUT2D eigenvalue weighted by atomic mass is 9.98. The Labute approximate surface area is 105 Å². The fraction of sp³-hybridized carbons (Fsp3) is 0.923. The molecule has 1 aliphatic rings. The van der Waals surface area contributed by atoms with Gasteiger partial charge in [-0.25, -0.2) is 0 Å². The second-order valence-corrected chi connectivity index (χ2v) is 5.25. The fourth-order valence-electron chi connectivity index (χ4n) is 2.23. The van der Waals surface area contributed by atoms with Crippen molar-refractivity contribution in [3.63, 3.8) is 0 Å². The maximum Gasteiger partial charge on any atom is 0.326 e. The molecule has 0 bridgehead atoms. The van der Waals surface area contributed by atoms with Crippen LogP contribution in [0.2, 0.25) is 0 Å². The van der Waals surface area contributed by atoms with E-state index in [0.717, 1.165) is 32.0 Å². The van der Waals surface area contributed by atoms with Crippen LogP contribution >= 0.6 is 0 Å². The molecule has 2 unspecified atom stereocenters. The van der Waals surface area contributed by atoms with Crippen molar-refractivity contribution in [3.05, 3.63) is 0 Å². The highest BCUT2D eigenvalue weighted by atomic mass is 16.5. The average Bonchev–Trinajstić information content (AvgIpc) is 2.72. The number of hydrogen-bond donors (Lipinski definition) is 1. The van der Waals surface area contributed by atoms with Crippen molar-refractivity contribution in [2.45, 2.75) is 39.2 Å². The summed E-state index contributed by atoms with van der Waals surface area (Å²) in [6, 6.07) is 0. The van der Waals surface area contributed by atoms with E-state index in [-0.39, 0.29) is 5.97 Å². The van der Waals surface area contributed by atoms with Crippen molar-refractivity contribution in [2.24, 2.45) is 5.92 Å². The first-order valence-electron chi connectivity index (χ1n) is 6.60. The second kappa shape index (κ2) is 6.36. The first-order chi connectivity index (χ1) is 8.01. The number of nitrogens with one attached hydrogen (secondary N) is 1. The van der Waals surface area contributed by atoms with E-state index in [9.17, 15) is 4.79 Å². The Morgan fingerprint density at radius 1 is 1.59 bits per heavy atom. The average molecular weight is 242 g/mol. The topological polar surface area (TPSA) is 41.6 Å². The number of hydrogen-bond acceptors (Lipinski definition) is 4. The van der Waals surface area contributed by atoms with E-state index < -0.39 is 5.54 Å². The molecule has 100 valence electrons. The van der Waals surface area contributed by atoms with Crippen LogP contribution in [0.15, 0.2) is 0 Å². The number of carbonyl (C=O) groups is 1. The van der Waals surface area contributed by atoms with Crippen molar-refractivity contribution in [2.75, 3.05) is 33.3 Å². The van der Waals surface area contributed by atoms with Gasteiger partial charge >= 0.3 is 5.97 Å². The number of rotatable bonds is 6. The lowest BCUT2D eigenvalue weighted by Crippen LogP contribution is -2.50. The van der Waals surface area contributed by atoms with Gasteiger partial charge in [-0.1, -0.05) is 6.92 Å². The summed E-state index contributed by atoms with van der Waals surface area (Å²) < 4.78 is 5.11. The Kier molecular flexibility index (Phi) is 5.40. The largest absolute Gasteiger partial charge is 0.465 e. The van der Waals surface area contributed by atoms with Crippen LogP contribution in [-0.2, 0) is 9.53 Å². The number of esters is 1. The zero-order valence-corrected chi connectivity index (χ0v) is 11.6. The second-order valence-electron chi connectivity index (χ2n) is 5.25. The minimum absolute atomic E-state index is 0.144. The van der Waals surface area contributed by atoms with E-state index in [2.05, 4.69) is 17.1 Å². The van der Waals surface area contributed by atoms with Gasteiger partial charge in [-0.3, -0.25) is 4.79 Å². The van der Waals surface area contributed by atoms with Crippen LogP contribution < -0.4 is 5.32 Å². The number of likely N-dealkylation sites (N-methyl/N-ethyl adjacent to an activating group) is 1. The molecule has 0 amide bonds. The van der Waals surface area contributed by atoms with Crippen molar-refractivity contribution in [1.29, 1.82) is 0 Å². The van der Waals surface area contributed by atoms with Gasteiger partial charge in [0.1, 0.15) is 5.54 Å². The molecule has 1 heterocycles. The monoisotopic (exact) mass is 242 g/mol. The Morgan fingerprint density at radius 2 is 2.29 bits per heavy atom. The van der Waals surface area contributed by atoms with Crippen LogP contribution in [0.25, 0.3) is 0 Å². The van der Waals surface area contributed by atoms with E-state index in [0.29, 0.717) is 6.61 Å². The van der Waals surface area contributed by atoms with E-state index >= 15 is 0 Å². The Morgan fingerprint density at radius 3 is 2.76 bits per heavy atom. The van der Waals surface area contributed by atoms with Crippen LogP contribution in [0, 0.1) is 5.92 Å². The van der Waals surface area contributed by atoms with Crippen LogP contribution in [-0.4, -0.2) is 49.7 Å². The Bertz CT molecular complexity index is 258. The third-order valence-corrected chi connectivity index (χ3v) is 3.71. The van der Waals surface area contributed by atoms with E-state index in [4.69, 9.17) is 4.74 Å². The van der Waals surface area contributed by atoms with Gasteiger partial charge in [-0.05, 0) is 46.2 Å². The van der Waals surface area contributed by atoms with Crippen LogP contribution in [0.4, 0.5) is 0 Å². The SMILES string of the molecule is CCOC(=O)C(C)(CCN1CCC(C)C1)NC.